The van der Waals surface area contributed by atoms with Gasteiger partial charge in [-0.15, -0.1) is 0 Å². The van der Waals surface area contributed by atoms with Crippen LogP contribution < -0.4 is 10.1 Å². The van der Waals surface area contributed by atoms with Crippen molar-refractivity contribution in [2.75, 3.05) is 12.4 Å². The number of nitro benzene ring substituents is 1. The molecule has 0 saturated heterocycles. The van der Waals surface area contributed by atoms with Gasteiger partial charge in [0.15, 0.2) is 0 Å². The first-order valence-corrected chi connectivity index (χ1v) is 6.64. The molecular weight excluding hydrogens is 322 g/mol. The molecule has 0 fully saturated rings. The maximum atomic E-state index is 12.2. The summed E-state index contributed by atoms with van der Waals surface area (Å²) >= 11 is 0. The highest BCUT2D eigenvalue weighted by Crippen LogP contribution is 2.26. The number of aromatic nitrogens is 2. The normalized spacial score (nSPS) is 11.6. The Morgan fingerprint density at radius 3 is 2.46 bits per heavy atom. The molecule has 0 bridgehead atoms. The van der Waals surface area contributed by atoms with E-state index in [1.807, 2.05) is 0 Å². The fourth-order valence-corrected chi connectivity index (χ4v) is 1.88. The van der Waals surface area contributed by atoms with E-state index in [0.717, 1.165) is 17.1 Å². The van der Waals surface area contributed by atoms with Crippen LogP contribution in [0.25, 0.3) is 0 Å². The molecule has 2 aromatic rings. The van der Waals surface area contributed by atoms with Crippen molar-refractivity contribution < 1.29 is 19.4 Å². The van der Waals surface area contributed by atoms with Crippen LogP contribution in [0.2, 0.25) is 0 Å². The van der Waals surface area contributed by atoms with Crippen LogP contribution in [-0.4, -0.2) is 32.6 Å². The molecule has 1 atom stereocenters. The van der Waals surface area contributed by atoms with Gasteiger partial charge in [0.2, 0.25) is 5.91 Å². The lowest BCUT2D eigenvalue weighted by Crippen LogP contribution is -2.24. The minimum absolute atomic E-state index is 0.166. The molecule has 0 saturated carbocycles. The van der Waals surface area contributed by atoms with Gasteiger partial charge in [-0.3, -0.25) is 29.7 Å². The summed E-state index contributed by atoms with van der Waals surface area (Å²) in [5, 5.41) is 27.8. The van der Waals surface area contributed by atoms with Crippen molar-refractivity contribution in [3.05, 3.63) is 50.8 Å². The van der Waals surface area contributed by atoms with Crippen molar-refractivity contribution >= 4 is 23.0 Å². The maximum absolute atomic E-state index is 12.2. The number of anilines is 1. The van der Waals surface area contributed by atoms with Gasteiger partial charge < -0.3 is 10.1 Å². The number of nitro groups is 2. The highest BCUT2D eigenvalue weighted by atomic mass is 16.6. The second kappa shape index (κ2) is 6.73. The molecule has 1 aromatic heterocycles. The predicted molar refractivity (Wildman–Crippen MR) is 81.9 cm³/mol. The van der Waals surface area contributed by atoms with Gasteiger partial charge in [0.05, 0.1) is 28.7 Å². The highest BCUT2D eigenvalue weighted by Gasteiger charge is 2.20. The van der Waals surface area contributed by atoms with Crippen molar-refractivity contribution in [1.82, 2.24) is 9.78 Å². The third-order valence-corrected chi connectivity index (χ3v) is 3.18. The summed E-state index contributed by atoms with van der Waals surface area (Å²) in [5.74, 6) is -0.336. The minimum atomic E-state index is -0.857. The zero-order valence-corrected chi connectivity index (χ0v) is 12.7. The van der Waals surface area contributed by atoms with E-state index in [-0.39, 0.29) is 22.8 Å². The Kier molecular flexibility index (Phi) is 4.73. The summed E-state index contributed by atoms with van der Waals surface area (Å²) in [4.78, 5) is 32.5. The van der Waals surface area contributed by atoms with Crippen molar-refractivity contribution in [2.45, 2.75) is 13.0 Å². The number of methoxy groups -OCH3 is 1. The molecule has 0 spiro atoms. The molecule has 24 heavy (non-hydrogen) atoms. The van der Waals surface area contributed by atoms with Gasteiger partial charge in [0, 0.05) is 12.1 Å². The molecule has 0 aliphatic carbocycles. The SMILES string of the molecule is COc1cc(NC(=O)C(C)n2cc([N+](=O)[O-])cn2)cc([N+](=O)[O-])c1. The van der Waals surface area contributed by atoms with Crippen LogP contribution in [0, 0.1) is 20.2 Å². The Bertz CT molecular complexity index is 802. The van der Waals surface area contributed by atoms with Gasteiger partial charge in [0.25, 0.3) is 5.69 Å². The molecule has 1 unspecified atom stereocenters. The van der Waals surface area contributed by atoms with E-state index in [2.05, 4.69) is 10.4 Å². The fourth-order valence-electron chi connectivity index (χ4n) is 1.88. The molecule has 0 aliphatic rings. The largest absolute Gasteiger partial charge is 0.496 e. The Balaban J connectivity index is 2.20. The van der Waals surface area contributed by atoms with E-state index in [1.54, 1.807) is 0 Å². The number of carbonyl (C=O) groups excluding carboxylic acids is 1. The van der Waals surface area contributed by atoms with Crippen molar-refractivity contribution in [3.63, 3.8) is 0 Å². The van der Waals surface area contributed by atoms with E-state index in [9.17, 15) is 25.0 Å². The zero-order valence-electron chi connectivity index (χ0n) is 12.7. The molecule has 11 heteroatoms. The summed E-state index contributed by atoms with van der Waals surface area (Å²) in [6.45, 7) is 1.49. The van der Waals surface area contributed by atoms with Gasteiger partial charge in [0.1, 0.15) is 24.2 Å². The van der Waals surface area contributed by atoms with E-state index < -0.39 is 21.8 Å². The van der Waals surface area contributed by atoms with E-state index >= 15 is 0 Å². The second-order valence-electron chi connectivity index (χ2n) is 4.78. The topological polar surface area (TPSA) is 142 Å². The van der Waals surface area contributed by atoms with Crippen LogP contribution in [0.3, 0.4) is 0 Å². The van der Waals surface area contributed by atoms with E-state index in [0.29, 0.717) is 0 Å². The molecule has 1 N–H and O–H groups in total. The first-order chi connectivity index (χ1) is 11.3. The van der Waals surface area contributed by atoms with Gasteiger partial charge in [-0.25, -0.2) is 0 Å². The number of nitrogens with one attached hydrogen (secondary N) is 1. The van der Waals surface area contributed by atoms with Crippen LogP contribution in [0.1, 0.15) is 13.0 Å². The number of benzene rings is 1. The Hall–Kier alpha value is -3.50. The van der Waals surface area contributed by atoms with Crippen LogP contribution in [-0.2, 0) is 4.79 Å². The van der Waals surface area contributed by atoms with Crippen LogP contribution in [0.4, 0.5) is 17.1 Å². The number of non-ortho nitro benzene ring substituents is 1. The van der Waals surface area contributed by atoms with Gasteiger partial charge >= 0.3 is 5.69 Å². The summed E-state index contributed by atoms with van der Waals surface area (Å²) < 4.78 is 6.08. The van der Waals surface area contributed by atoms with Gasteiger partial charge in [-0.2, -0.15) is 5.10 Å². The Morgan fingerprint density at radius 1 is 1.25 bits per heavy atom. The fraction of sp³-hybridized carbons (Fsp3) is 0.231. The number of amides is 1. The van der Waals surface area contributed by atoms with Crippen LogP contribution in [0.15, 0.2) is 30.6 Å². The number of rotatable bonds is 6. The molecule has 2 rings (SSSR count). The summed E-state index contributed by atoms with van der Waals surface area (Å²) in [6.07, 6.45) is 2.15. The minimum Gasteiger partial charge on any atom is -0.496 e. The Labute approximate surface area is 135 Å². The zero-order chi connectivity index (χ0) is 17.9. The van der Waals surface area contributed by atoms with E-state index in [1.165, 1.54) is 32.2 Å². The maximum Gasteiger partial charge on any atom is 0.307 e. The number of hydrogen-bond donors (Lipinski definition) is 1. The van der Waals surface area contributed by atoms with Crippen LogP contribution in [0.5, 0.6) is 5.75 Å². The second-order valence-corrected chi connectivity index (χ2v) is 4.78. The lowest BCUT2D eigenvalue weighted by atomic mass is 10.2. The molecule has 11 nitrogen and oxygen atoms in total. The van der Waals surface area contributed by atoms with Gasteiger partial charge in [-0.1, -0.05) is 0 Å². The van der Waals surface area contributed by atoms with Crippen molar-refractivity contribution in [2.24, 2.45) is 0 Å². The standard InChI is InChI=1S/C13H13N5O6/c1-8(16-7-11(6-14-16)18(22)23)13(19)15-9-3-10(17(20)21)5-12(4-9)24-2/h3-8H,1-2H3,(H,15,19). The average molecular weight is 335 g/mol. The monoisotopic (exact) mass is 335 g/mol. The molecule has 1 amide bonds. The quantitative estimate of drug-likeness (QED) is 0.627. The Morgan fingerprint density at radius 2 is 1.92 bits per heavy atom. The molecule has 126 valence electrons. The number of nitrogens with zero attached hydrogens (tertiary/aromatic N) is 4. The summed E-state index contributed by atoms with van der Waals surface area (Å²) in [6, 6.07) is 2.96. The first-order valence-electron chi connectivity index (χ1n) is 6.64. The third-order valence-electron chi connectivity index (χ3n) is 3.18. The number of ether oxygens (including phenoxy) is 1. The van der Waals surface area contributed by atoms with E-state index in [4.69, 9.17) is 4.74 Å². The molecular formula is C13H13N5O6. The third kappa shape index (κ3) is 3.63. The average Bonchev–Trinajstić information content (AvgIpc) is 3.03. The number of carbonyl (C=O) groups is 1. The van der Waals surface area contributed by atoms with Crippen molar-refractivity contribution in [1.29, 1.82) is 0 Å². The predicted octanol–water partition coefficient (Wildman–Crippen LogP) is 1.91. The van der Waals surface area contributed by atoms with Crippen LogP contribution >= 0.6 is 0 Å². The summed E-state index contributed by atoms with van der Waals surface area (Å²) in [5.41, 5.74) is -0.321. The first kappa shape index (κ1) is 16.9. The highest BCUT2D eigenvalue weighted by molar-refractivity contribution is 5.94. The lowest BCUT2D eigenvalue weighted by Gasteiger charge is -2.13. The number of hydrogen-bond acceptors (Lipinski definition) is 7. The molecule has 0 aliphatic heterocycles. The van der Waals surface area contributed by atoms with Crippen molar-refractivity contribution in [3.8, 4) is 5.75 Å². The molecule has 0 radical (unpaired) electrons. The molecule has 1 heterocycles. The molecule has 1 aromatic carbocycles. The van der Waals surface area contributed by atoms with Gasteiger partial charge in [-0.05, 0) is 6.92 Å². The lowest BCUT2D eigenvalue weighted by molar-refractivity contribution is -0.385. The summed E-state index contributed by atoms with van der Waals surface area (Å²) in [7, 11) is 1.34. The smallest absolute Gasteiger partial charge is 0.307 e.